The zero-order valence-corrected chi connectivity index (χ0v) is 11.0. The van der Waals surface area contributed by atoms with Crippen LogP contribution >= 0.6 is 0 Å². The molecule has 1 aliphatic rings. The van der Waals surface area contributed by atoms with Gasteiger partial charge < -0.3 is 9.31 Å². The van der Waals surface area contributed by atoms with E-state index in [2.05, 4.69) is 15.2 Å². The Bertz CT molecular complexity index is 578. The van der Waals surface area contributed by atoms with Crippen LogP contribution in [0.4, 0.5) is 0 Å². The minimum atomic E-state index is -0.414. The summed E-state index contributed by atoms with van der Waals surface area (Å²) in [6.45, 7) is 8.14. The van der Waals surface area contributed by atoms with Gasteiger partial charge in [-0.15, -0.1) is 0 Å². The largest absolute Gasteiger partial charge is 0.514 e. The Balaban J connectivity index is 2.03. The van der Waals surface area contributed by atoms with E-state index in [4.69, 9.17) is 9.31 Å². The van der Waals surface area contributed by atoms with Crippen molar-refractivity contribution < 1.29 is 9.31 Å². The normalized spacial score (nSPS) is 21.7. The fraction of sp³-hybridized carbons (Fsp3) is 0.500. The molecule has 5 nitrogen and oxygen atoms in total. The highest BCUT2D eigenvalue weighted by atomic mass is 16.7. The average molecular weight is 245 g/mol. The van der Waals surface area contributed by atoms with E-state index in [1.165, 1.54) is 0 Å². The first-order chi connectivity index (χ1) is 8.41. The van der Waals surface area contributed by atoms with Gasteiger partial charge in [-0.3, -0.25) is 10.1 Å². The standard InChI is InChI=1S/C12H16BN3O2/c1-11(2)12(3,4)18-13(17-11)10-8-5-6-14-7-9(8)15-16-10/h5-7H,1-4H3,(H,15,16). The van der Waals surface area contributed by atoms with Crippen LogP contribution in [0.15, 0.2) is 18.5 Å². The topological polar surface area (TPSA) is 60.0 Å². The molecule has 0 bridgehead atoms. The lowest BCUT2D eigenvalue weighted by molar-refractivity contribution is 0.00578. The van der Waals surface area contributed by atoms with E-state index in [9.17, 15) is 0 Å². The molecule has 0 unspecified atom stereocenters. The van der Waals surface area contributed by atoms with E-state index >= 15 is 0 Å². The van der Waals surface area contributed by atoms with E-state index in [0.717, 1.165) is 16.5 Å². The van der Waals surface area contributed by atoms with Crippen molar-refractivity contribution >= 4 is 23.6 Å². The molecule has 1 N–H and O–H groups in total. The molecule has 2 aromatic heterocycles. The average Bonchev–Trinajstić information content (AvgIpc) is 2.78. The zero-order chi connectivity index (χ0) is 13.0. The molecule has 0 spiro atoms. The van der Waals surface area contributed by atoms with Crippen molar-refractivity contribution in [2.45, 2.75) is 38.9 Å². The van der Waals surface area contributed by atoms with Gasteiger partial charge in [0.15, 0.2) is 0 Å². The molecule has 2 aromatic rings. The molecule has 0 radical (unpaired) electrons. The number of hydrogen-bond donors (Lipinski definition) is 1. The van der Waals surface area contributed by atoms with E-state index in [1.807, 2.05) is 33.8 Å². The highest BCUT2D eigenvalue weighted by Crippen LogP contribution is 2.36. The number of nitrogens with one attached hydrogen (secondary N) is 1. The Morgan fingerprint density at radius 1 is 1.17 bits per heavy atom. The van der Waals surface area contributed by atoms with E-state index in [-0.39, 0.29) is 11.2 Å². The maximum absolute atomic E-state index is 6.00. The van der Waals surface area contributed by atoms with Gasteiger partial charge in [0.05, 0.1) is 23.0 Å². The van der Waals surface area contributed by atoms with Gasteiger partial charge in [0.2, 0.25) is 0 Å². The smallest absolute Gasteiger partial charge is 0.398 e. The molecule has 0 aromatic carbocycles. The van der Waals surface area contributed by atoms with Gasteiger partial charge >= 0.3 is 7.12 Å². The van der Waals surface area contributed by atoms with Gasteiger partial charge in [-0.1, -0.05) is 0 Å². The monoisotopic (exact) mass is 245 g/mol. The number of aromatic amines is 1. The van der Waals surface area contributed by atoms with Gasteiger partial charge in [-0.05, 0) is 33.8 Å². The van der Waals surface area contributed by atoms with Crippen molar-refractivity contribution in [3.63, 3.8) is 0 Å². The predicted molar refractivity (Wildman–Crippen MR) is 69.6 cm³/mol. The zero-order valence-electron chi connectivity index (χ0n) is 11.0. The third-order valence-corrected chi connectivity index (χ3v) is 3.88. The Hall–Kier alpha value is -1.40. The molecule has 0 saturated carbocycles. The fourth-order valence-electron chi connectivity index (χ4n) is 2.02. The molecule has 1 aliphatic heterocycles. The van der Waals surface area contributed by atoms with Crippen molar-refractivity contribution in [3.05, 3.63) is 18.5 Å². The summed E-state index contributed by atoms with van der Waals surface area (Å²) in [4.78, 5) is 4.05. The molecule has 0 atom stereocenters. The number of aromatic nitrogens is 3. The number of fused-ring (bicyclic) bond motifs is 1. The third kappa shape index (κ3) is 1.56. The summed E-state index contributed by atoms with van der Waals surface area (Å²) < 4.78 is 12.0. The van der Waals surface area contributed by atoms with Crippen LogP contribution in [-0.2, 0) is 9.31 Å². The van der Waals surface area contributed by atoms with Crippen LogP contribution in [0.2, 0.25) is 0 Å². The molecule has 6 heteroatoms. The van der Waals surface area contributed by atoms with Gasteiger partial charge in [0.25, 0.3) is 0 Å². The van der Waals surface area contributed by atoms with Crippen LogP contribution in [0.1, 0.15) is 27.7 Å². The highest BCUT2D eigenvalue weighted by Gasteiger charge is 2.52. The van der Waals surface area contributed by atoms with E-state index in [0.29, 0.717) is 0 Å². The van der Waals surface area contributed by atoms with Crippen LogP contribution in [0.3, 0.4) is 0 Å². The van der Waals surface area contributed by atoms with Crippen LogP contribution < -0.4 is 5.59 Å². The van der Waals surface area contributed by atoms with Crippen LogP contribution in [-0.4, -0.2) is 33.5 Å². The molecule has 18 heavy (non-hydrogen) atoms. The molecular formula is C12H16BN3O2. The highest BCUT2D eigenvalue weighted by molar-refractivity contribution is 6.64. The summed E-state index contributed by atoms with van der Waals surface area (Å²) in [5.41, 5.74) is 0.984. The Morgan fingerprint density at radius 2 is 1.83 bits per heavy atom. The number of hydrogen-bond acceptors (Lipinski definition) is 4. The Morgan fingerprint density at radius 3 is 2.50 bits per heavy atom. The maximum atomic E-state index is 6.00. The molecule has 3 rings (SSSR count). The van der Waals surface area contributed by atoms with Gasteiger partial charge in [-0.2, -0.15) is 5.10 Å². The van der Waals surface area contributed by atoms with Crippen LogP contribution in [0, 0.1) is 0 Å². The van der Waals surface area contributed by atoms with Crippen LogP contribution in [0.25, 0.3) is 10.9 Å². The lowest BCUT2D eigenvalue weighted by Gasteiger charge is -2.32. The van der Waals surface area contributed by atoms with Gasteiger partial charge in [-0.25, -0.2) is 0 Å². The summed E-state index contributed by atoms with van der Waals surface area (Å²) in [6, 6.07) is 1.92. The van der Waals surface area contributed by atoms with Gasteiger partial charge in [0.1, 0.15) is 5.52 Å². The van der Waals surface area contributed by atoms with Gasteiger partial charge in [0, 0.05) is 11.6 Å². The molecule has 3 heterocycles. The van der Waals surface area contributed by atoms with E-state index < -0.39 is 7.12 Å². The molecule has 0 amide bonds. The van der Waals surface area contributed by atoms with Crippen molar-refractivity contribution in [1.29, 1.82) is 0 Å². The molecule has 1 fully saturated rings. The SMILES string of the molecule is CC1(C)OB(c2[nH]nc3cnccc23)OC1(C)C. The number of rotatable bonds is 1. The lowest BCUT2D eigenvalue weighted by atomic mass is 9.83. The summed E-state index contributed by atoms with van der Waals surface area (Å²) >= 11 is 0. The van der Waals surface area contributed by atoms with Crippen molar-refractivity contribution in [2.75, 3.05) is 0 Å². The minimum absolute atomic E-state index is 0.345. The number of H-pyrrole nitrogens is 1. The van der Waals surface area contributed by atoms with Crippen molar-refractivity contribution in [2.24, 2.45) is 0 Å². The predicted octanol–water partition coefficient (Wildman–Crippen LogP) is 1.26. The lowest BCUT2D eigenvalue weighted by Crippen LogP contribution is -2.41. The summed E-state index contributed by atoms with van der Waals surface area (Å²) in [5.74, 6) is 0. The second-order valence-corrected chi connectivity index (χ2v) is 5.62. The maximum Gasteiger partial charge on any atom is 0.514 e. The molecule has 1 saturated heterocycles. The van der Waals surface area contributed by atoms with Crippen LogP contribution in [0.5, 0.6) is 0 Å². The summed E-state index contributed by atoms with van der Waals surface area (Å²) in [6.07, 6.45) is 3.47. The minimum Gasteiger partial charge on any atom is -0.398 e. The first-order valence-electron chi connectivity index (χ1n) is 6.04. The number of pyridine rings is 1. The molecule has 0 aliphatic carbocycles. The van der Waals surface area contributed by atoms with Crippen molar-refractivity contribution in [1.82, 2.24) is 15.2 Å². The first-order valence-corrected chi connectivity index (χ1v) is 6.04. The summed E-state index contributed by atoms with van der Waals surface area (Å²) in [5, 5.41) is 8.19. The fourth-order valence-corrected chi connectivity index (χ4v) is 2.02. The Kier molecular flexibility index (Phi) is 2.31. The Labute approximate surface area is 106 Å². The molecular weight excluding hydrogens is 229 g/mol. The molecule has 94 valence electrons. The second kappa shape index (κ2) is 3.55. The number of nitrogens with zero attached hydrogens (tertiary/aromatic N) is 2. The van der Waals surface area contributed by atoms with E-state index in [1.54, 1.807) is 12.4 Å². The second-order valence-electron chi connectivity index (χ2n) is 5.62. The van der Waals surface area contributed by atoms with Crippen molar-refractivity contribution in [3.8, 4) is 0 Å². The third-order valence-electron chi connectivity index (χ3n) is 3.88. The summed E-state index contributed by atoms with van der Waals surface area (Å²) in [7, 11) is -0.414. The first kappa shape index (κ1) is 11.7. The quantitative estimate of drug-likeness (QED) is 0.768.